The lowest BCUT2D eigenvalue weighted by atomic mass is 10.1. The maximum absolute atomic E-state index is 8.96. The molecule has 23 heavy (non-hydrogen) atoms. The van der Waals surface area contributed by atoms with E-state index >= 15 is 0 Å². The van der Waals surface area contributed by atoms with Crippen LogP contribution in [0.5, 0.6) is 0 Å². The van der Waals surface area contributed by atoms with Crippen molar-refractivity contribution in [3.05, 3.63) is 35.4 Å². The molecule has 1 fully saturated rings. The van der Waals surface area contributed by atoms with E-state index in [1.807, 2.05) is 12.1 Å². The number of fused-ring (bicyclic) bond motifs is 1. The van der Waals surface area contributed by atoms with Gasteiger partial charge >= 0.3 is 0 Å². The van der Waals surface area contributed by atoms with E-state index < -0.39 is 0 Å². The fourth-order valence-corrected chi connectivity index (χ4v) is 3.19. The Balaban J connectivity index is 1.60. The lowest BCUT2D eigenvalue weighted by Gasteiger charge is -2.29. The molecular weight excluding hydrogens is 290 g/mol. The Morgan fingerprint density at radius 2 is 1.91 bits per heavy atom. The summed E-state index contributed by atoms with van der Waals surface area (Å²) in [5.41, 5.74) is 2.27. The second-order valence-corrected chi connectivity index (χ2v) is 5.89. The standard InChI is InChI=1S/C16H17N7/c17-10-14-18-5-3-15(19-14)23-8-4-13-12(11-23)9-16(21-20-13)22-6-1-2-7-22/h3,5,9H,1-2,4,6-8,11H2. The van der Waals surface area contributed by atoms with Gasteiger partial charge in [-0.25, -0.2) is 9.97 Å². The molecule has 2 aliphatic rings. The molecule has 0 amide bonds. The minimum atomic E-state index is 0.207. The third-order valence-corrected chi connectivity index (χ3v) is 4.42. The molecule has 2 aromatic rings. The summed E-state index contributed by atoms with van der Waals surface area (Å²) in [6.07, 6.45) is 4.93. The van der Waals surface area contributed by atoms with Crippen LogP contribution < -0.4 is 9.80 Å². The van der Waals surface area contributed by atoms with E-state index in [-0.39, 0.29) is 5.82 Å². The smallest absolute Gasteiger partial charge is 0.234 e. The monoisotopic (exact) mass is 307 g/mol. The molecule has 0 aliphatic carbocycles. The summed E-state index contributed by atoms with van der Waals surface area (Å²) in [7, 11) is 0. The van der Waals surface area contributed by atoms with Gasteiger partial charge in [-0.3, -0.25) is 0 Å². The zero-order chi connectivity index (χ0) is 15.6. The van der Waals surface area contributed by atoms with Gasteiger partial charge in [0.05, 0.1) is 5.69 Å². The molecule has 1 saturated heterocycles. The van der Waals surface area contributed by atoms with Crippen LogP contribution in [0.2, 0.25) is 0 Å². The average molecular weight is 307 g/mol. The van der Waals surface area contributed by atoms with Crippen molar-refractivity contribution in [1.29, 1.82) is 5.26 Å². The van der Waals surface area contributed by atoms with Gasteiger partial charge in [0.25, 0.3) is 0 Å². The summed E-state index contributed by atoms with van der Waals surface area (Å²) in [6.45, 7) is 3.70. The molecule has 2 aromatic heterocycles. The predicted molar refractivity (Wildman–Crippen MR) is 85.0 cm³/mol. The molecule has 4 rings (SSSR count). The van der Waals surface area contributed by atoms with Crippen molar-refractivity contribution in [2.45, 2.75) is 25.8 Å². The second kappa shape index (κ2) is 5.80. The fourth-order valence-electron chi connectivity index (χ4n) is 3.19. The SMILES string of the molecule is N#Cc1nccc(N2CCc3nnc(N4CCCC4)cc3C2)n1. The normalized spacial score (nSPS) is 17.0. The number of aromatic nitrogens is 4. The van der Waals surface area contributed by atoms with Gasteiger partial charge in [0, 0.05) is 38.8 Å². The van der Waals surface area contributed by atoms with E-state index in [0.717, 1.165) is 49.9 Å². The molecule has 0 saturated carbocycles. The van der Waals surface area contributed by atoms with Crippen LogP contribution in [0.3, 0.4) is 0 Å². The van der Waals surface area contributed by atoms with Gasteiger partial charge in [0.1, 0.15) is 11.9 Å². The van der Waals surface area contributed by atoms with Gasteiger partial charge in [0.15, 0.2) is 5.82 Å². The molecule has 4 heterocycles. The number of hydrogen-bond donors (Lipinski definition) is 0. The van der Waals surface area contributed by atoms with Crippen LogP contribution in [0.4, 0.5) is 11.6 Å². The summed E-state index contributed by atoms with van der Waals surface area (Å²) >= 11 is 0. The molecule has 7 nitrogen and oxygen atoms in total. The van der Waals surface area contributed by atoms with Crippen molar-refractivity contribution in [3.63, 3.8) is 0 Å². The van der Waals surface area contributed by atoms with Crippen LogP contribution in [0.15, 0.2) is 18.3 Å². The number of anilines is 2. The van der Waals surface area contributed by atoms with Gasteiger partial charge in [-0.15, -0.1) is 5.10 Å². The van der Waals surface area contributed by atoms with Crippen molar-refractivity contribution in [2.24, 2.45) is 0 Å². The lowest BCUT2D eigenvalue weighted by molar-refractivity contribution is 0.683. The minimum Gasteiger partial charge on any atom is -0.355 e. The van der Waals surface area contributed by atoms with E-state index in [0.29, 0.717) is 0 Å². The molecular formula is C16H17N7. The summed E-state index contributed by atoms with van der Waals surface area (Å²) in [5.74, 6) is 1.98. The Kier molecular flexibility index (Phi) is 3.50. The highest BCUT2D eigenvalue weighted by atomic mass is 15.3. The van der Waals surface area contributed by atoms with Crippen LogP contribution >= 0.6 is 0 Å². The summed E-state index contributed by atoms with van der Waals surface area (Å²) < 4.78 is 0. The van der Waals surface area contributed by atoms with Crippen LogP contribution in [-0.2, 0) is 13.0 Å². The van der Waals surface area contributed by atoms with Crippen LogP contribution in [0.1, 0.15) is 29.9 Å². The number of hydrogen-bond acceptors (Lipinski definition) is 7. The summed E-state index contributed by atoms with van der Waals surface area (Å²) in [6, 6.07) is 6.00. The number of nitriles is 1. The zero-order valence-corrected chi connectivity index (χ0v) is 12.8. The zero-order valence-electron chi connectivity index (χ0n) is 12.8. The van der Waals surface area contributed by atoms with Gasteiger partial charge in [-0.2, -0.15) is 10.4 Å². The van der Waals surface area contributed by atoms with Gasteiger partial charge in [-0.1, -0.05) is 0 Å². The summed E-state index contributed by atoms with van der Waals surface area (Å²) in [4.78, 5) is 12.7. The third-order valence-electron chi connectivity index (χ3n) is 4.42. The first-order valence-corrected chi connectivity index (χ1v) is 7.92. The molecule has 0 aromatic carbocycles. The largest absolute Gasteiger partial charge is 0.355 e. The molecule has 2 aliphatic heterocycles. The van der Waals surface area contributed by atoms with Gasteiger partial charge in [0.2, 0.25) is 5.82 Å². The van der Waals surface area contributed by atoms with E-state index in [2.05, 4.69) is 36.0 Å². The average Bonchev–Trinajstić information content (AvgIpc) is 3.15. The molecule has 0 unspecified atom stereocenters. The van der Waals surface area contributed by atoms with E-state index in [1.54, 1.807) is 6.20 Å². The molecule has 0 bridgehead atoms. The quantitative estimate of drug-likeness (QED) is 0.827. The van der Waals surface area contributed by atoms with Gasteiger partial charge in [-0.05, 0) is 30.5 Å². The Morgan fingerprint density at radius 1 is 1.04 bits per heavy atom. The van der Waals surface area contributed by atoms with E-state index in [1.165, 1.54) is 18.4 Å². The summed E-state index contributed by atoms with van der Waals surface area (Å²) in [5, 5.41) is 17.8. The van der Waals surface area contributed by atoms with Crippen LogP contribution in [-0.4, -0.2) is 39.8 Å². The molecule has 0 atom stereocenters. The predicted octanol–water partition coefficient (Wildman–Crippen LogP) is 1.30. The second-order valence-electron chi connectivity index (χ2n) is 5.89. The van der Waals surface area contributed by atoms with Crippen molar-refractivity contribution < 1.29 is 0 Å². The van der Waals surface area contributed by atoms with Crippen molar-refractivity contribution in [3.8, 4) is 6.07 Å². The molecule has 116 valence electrons. The molecule has 7 heteroatoms. The number of rotatable bonds is 2. The molecule has 0 N–H and O–H groups in total. The molecule has 0 radical (unpaired) electrons. The Hall–Kier alpha value is -2.75. The Labute approximate surface area is 134 Å². The van der Waals surface area contributed by atoms with Crippen molar-refractivity contribution in [1.82, 2.24) is 20.2 Å². The topological polar surface area (TPSA) is 81.8 Å². The van der Waals surface area contributed by atoms with Gasteiger partial charge < -0.3 is 9.80 Å². The highest BCUT2D eigenvalue weighted by molar-refractivity contribution is 5.47. The Bertz CT molecular complexity index is 761. The first-order chi connectivity index (χ1) is 11.3. The fraction of sp³-hybridized carbons (Fsp3) is 0.438. The maximum Gasteiger partial charge on any atom is 0.234 e. The van der Waals surface area contributed by atoms with Crippen molar-refractivity contribution >= 4 is 11.6 Å². The van der Waals surface area contributed by atoms with Crippen molar-refractivity contribution in [2.75, 3.05) is 29.4 Å². The van der Waals surface area contributed by atoms with E-state index in [9.17, 15) is 0 Å². The van der Waals surface area contributed by atoms with Crippen LogP contribution in [0, 0.1) is 11.3 Å². The first kappa shape index (κ1) is 13.9. The lowest BCUT2D eigenvalue weighted by Crippen LogP contribution is -2.32. The maximum atomic E-state index is 8.96. The first-order valence-electron chi connectivity index (χ1n) is 7.92. The number of nitrogens with zero attached hydrogens (tertiary/aromatic N) is 7. The molecule has 0 spiro atoms. The van der Waals surface area contributed by atoms with Crippen LogP contribution in [0.25, 0.3) is 0 Å². The van der Waals surface area contributed by atoms with E-state index in [4.69, 9.17) is 5.26 Å². The highest BCUT2D eigenvalue weighted by Crippen LogP contribution is 2.25. The third kappa shape index (κ3) is 2.68. The minimum absolute atomic E-state index is 0.207. The highest BCUT2D eigenvalue weighted by Gasteiger charge is 2.22. The Morgan fingerprint density at radius 3 is 2.74 bits per heavy atom.